The van der Waals surface area contributed by atoms with Gasteiger partial charge in [0.25, 0.3) is 5.91 Å². The molecule has 0 unspecified atom stereocenters. The Bertz CT molecular complexity index is 1020. The molecule has 2 amide bonds. The van der Waals surface area contributed by atoms with E-state index < -0.39 is 0 Å². The van der Waals surface area contributed by atoms with Gasteiger partial charge in [-0.15, -0.1) is 0 Å². The number of hydrogen-bond donors (Lipinski definition) is 0. The highest BCUT2D eigenvalue weighted by Gasteiger charge is 2.34. The van der Waals surface area contributed by atoms with Crippen LogP contribution in [0.25, 0.3) is 0 Å². The van der Waals surface area contributed by atoms with Crippen molar-refractivity contribution in [1.82, 2.24) is 24.8 Å². The van der Waals surface area contributed by atoms with Gasteiger partial charge in [-0.25, -0.2) is 19.9 Å². The first-order chi connectivity index (χ1) is 14.9. The van der Waals surface area contributed by atoms with Crippen molar-refractivity contribution < 1.29 is 9.59 Å². The third kappa shape index (κ3) is 4.03. The largest absolute Gasteiger partial charge is 0.328 e. The molecule has 4 rings (SSSR count). The van der Waals surface area contributed by atoms with Crippen LogP contribution >= 0.6 is 0 Å². The molecule has 0 aliphatic carbocycles. The van der Waals surface area contributed by atoms with Crippen LogP contribution in [0.2, 0.25) is 0 Å². The van der Waals surface area contributed by atoms with Gasteiger partial charge < -0.3 is 4.90 Å². The molecule has 2 aliphatic rings. The van der Waals surface area contributed by atoms with Crippen molar-refractivity contribution in [1.29, 1.82) is 0 Å². The minimum atomic E-state index is -0.216. The van der Waals surface area contributed by atoms with Gasteiger partial charge in [0.05, 0.1) is 17.3 Å². The van der Waals surface area contributed by atoms with E-state index in [2.05, 4.69) is 16.9 Å². The van der Waals surface area contributed by atoms with Crippen LogP contribution < -0.4 is 4.90 Å². The molecular formula is C23H30N6O2. The Morgan fingerprint density at radius 2 is 1.90 bits per heavy atom. The second-order valence-corrected chi connectivity index (χ2v) is 8.44. The molecule has 0 spiro atoms. The maximum Gasteiger partial charge on any atom is 0.257 e. The first-order valence-electron chi connectivity index (χ1n) is 11.2. The Labute approximate surface area is 183 Å². The van der Waals surface area contributed by atoms with Gasteiger partial charge in [-0.2, -0.15) is 0 Å². The highest BCUT2D eigenvalue weighted by atomic mass is 16.2. The molecule has 31 heavy (non-hydrogen) atoms. The van der Waals surface area contributed by atoms with Crippen molar-refractivity contribution in [2.24, 2.45) is 0 Å². The van der Waals surface area contributed by atoms with Gasteiger partial charge in [0.1, 0.15) is 11.6 Å². The Kier molecular flexibility index (Phi) is 5.98. The highest BCUT2D eigenvalue weighted by molar-refractivity contribution is 5.96. The number of carbonyl (C=O) groups excluding carboxylic acids is 2. The molecule has 8 nitrogen and oxygen atoms in total. The van der Waals surface area contributed by atoms with E-state index in [1.54, 1.807) is 11.1 Å². The molecule has 1 fully saturated rings. The molecule has 2 aromatic rings. The number of likely N-dealkylation sites (tertiary alicyclic amines) is 1. The van der Waals surface area contributed by atoms with Crippen molar-refractivity contribution in [2.75, 3.05) is 18.0 Å². The average Bonchev–Trinajstić information content (AvgIpc) is 2.75. The van der Waals surface area contributed by atoms with Crippen LogP contribution in [-0.4, -0.2) is 49.7 Å². The van der Waals surface area contributed by atoms with E-state index in [0.717, 1.165) is 42.8 Å². The zero-order valence-corrected chi connectivity index (χ0v) is 18.8. The zero-order valence-electron chi connectivity index (χ0n) is 18.8. The Morgan fingerprint density at radius 3 is 2.65 bits per heavy atom. The Balaban J connectivity index is 1.72. The topological polar surface area (TPSA) is 92.2 Å². The summed E-state index contributed by atoms with van der Waals surface area (Å²) in [5, 5.41) is 0. The fraction of sp³-hybridized carbons (Fsp3) is 0.565. The van der Waals surface area contributed by atoms with Crippen LogP contribution in [0.4, 0.5) is 5.82 Å². The molecule has 1 saturated heterocycles. The summed E-state index contributed by atoms with van der Waals surface area (Å²) in [6, 6.07) is -0.216. The van der Waals surface area contributed by atoms with Gasteiger partial charge in [-0.3, -0.25) is 14.5 Å². The molecule has 0 bridgehead atoms. The van der Waals surface area contributed by atoms with Crippen LogP contribution in [0.5, 0.6) is 0 Å². The van der Waals surface area contributed by atoms with E-state index in [4.69, 9.17) is 9.97 Å². The van der Waals surface area contributed by atoms with E-state index in [0.29, 0.717) is 48.8 Å². The minimum absolute atomic E-state index is 0.0809. The number of nitrogens with zero attached hydrogens (tertiary/aromatic N) is 6. The number of carbonyl (C=O) groups is 2. The number of anilines is 1. The Morgan fingerprint density at radius 1 is 1.10 bits per heavy atom. The van der Waals surface area contributed by atoms with E-state index in [1.807, 2.05) is 25.7 Å². The second kappa shape index (κ2) is 8.69. The lowest BCUT2D eigenvalue weighted by Crippen LogP contribution is -2.41. The van der Waals surface area contributed by atoms with Gasteiger partial charge in [0, 0.05) is 37.0 Å². The maximum atomic E-state index is 13.4. The molecular weight excluding hydrogens is 392 g/mol. The summed E-state index contributed by atoms with van der Waals surface area (Å²) in [6.45, 7) is 9.00. The predicted octanol–water partition coefficient (Wildman–Crippen LogP) is 3.25. The fourth-order valence-electron chi connectivity index (χ4n) is 4.60. The highest BCUT2D eigenvalue weighted by Crippen LogP contribution is 2.34. The number of aromatic nitrogens is 4. The summed E-state index contributed by atoms with van der Waals surface area (Å²) >= 11 is 0. The average molecular weight is 423 g/mol. The lowest BCUT2D eigenvalue weighted by Gasteiger charge is -2.36. The van der Waals surface area contributed by atoms with E-state index >= 15 is 0 Å². The zero-order chi connectivity index (χ0) is 22.1. The summed E-state index contributed by atoms with van der Waals surface area (Å²) in [5.74, 6) is 2.04. The summed E-state index contributed by atoms with van der Waals surface area (Å²) in [5.41, 5.74) is 3.16. The first kappa shape index (κ1) is 21.3. The van der Waals surface area contributed by atoms with Crippen LogP contribution in [-0.2, 0) is 11.2 Å². The number of aryl methyl sites for hydroxylation is 3. The monoisotopic (exact) mass is 422 g/mol. The molecule has 164 valence electrons. The molecule has 2 aliphatic heterocycles. The molecule has 0 radical (unpaired) electrons. The molecule has 4 heterocycles. The standard InChI is InChI=1S/C23H30N6O2/c1-5-11-29-20(30)10-9-17-14(2)26-21(27-22(17)29)19-8-6-7-12-28(19)23(31)18-13-24-16(4)25-15(18)3/h13,19H,5-12H2,1-4H3/t19-/m1/s1. The SMILES string of the molecule is CCCN1C(=O)CCc2c(C)nc([C@H]3CCCCN3C(=O)c3cnc(C)nc3C)nc21. The van der Waals surface area contributed by atoms with Crippen molar-refractivity contribution in [3.8, 4) is 0 Å². The van der Waals surface area contributed by atoms with E-state index in [1.165, 1.54) is 0 Å². The quantitative estimate of drug-likeness (QED) is 0.751. The Hall–Kier alpha value is -2.90. The number of amides is 2. The number of fused-ring (bicyclic) bond motifs is 1. The van der Waals surface area contributed by atoms with Gasteiger partial charge >= 0.3 is 0 Å². The third-order valence-electron chi connectivity index (χ3n) is 6.19. The molecule has 0 N–H and O–H groups in total. The number of piperidine rings is 1. The smallest absolute Gasteiger partial charge is 0.257 e. The van der Waals surface area contributed by atoms with Gasteiger partial charge in [0.15, 0.2) is 5.82 Å². The van der Waals surface area contributed by atoms with Gasteiger partial charge in [0.2, 0.25) is 5.91 Å². The van der Waals surface area contributed by atoms with Gasteiger partial charge in [-0.05, 0) is 52.9 Å². The van der Waals surface area contributed by atoms with E-state index in [9.17, 15) is 9.59 Å². The molecule has 2 aromatic heterocycles. The summed E-state index contributed by atoms with van der Waals surface area (Å²) in [4.78, 5) is 47.9. The lowest BCUT2D eigenvalue weighted by atomic mass is 9.98. The molecule has 8 heteroatoms. The normalized spacial score (nSPS) is 18.8. The van der Waals surface area contributed by atoms with Gasteiger partial charge in [-0.1, -0.05) is 6.92 Å². The van der Waals surface area contributed by atoms with Crippen LogP contribution in [0, 0.1) is 20.8 Å². The van der Waals surface area contributed by atoms with Crippen molar-refractivity contribution >= 4 is 17.6 Å². The van der Waals surface area contributed by atoms with Crippen molar-refractivity contribution in [3.63, 3.8) is 0 Å². The third-order valence-corrected chi connectivity index (χ3v) is 6.19. The summed E-state index contributed by atoms with van der Waals surface area (Å²) in [6.07, 6.45) is 6.41. The van der Waals surface area contributed by atoms with Crippen molar-refractivity contribution in [2.45, 2.75) is 72.3 Å². The van der Waals surface area contributed by atoms with E-state index in [-0.39, 0.29) is 17.9 Å². The maximum absolute atomic E-state index is 13.4. The summed E-state index contributed by atoms with van der Waals surface area (Å²) in [7, 11) is 0. The first-order valence-corrected chi connectivity index (χ1v) is 11.2. The predicted molar refractivity (Wildman–Crippen MR) is 117 cm³/mol. The number of rotatable bonds is 4. The lowest BCUT2D eigenvalue weighted by molar-refractivity contribution is -0.119. The van der Waals surface area contributed by atoms with Crippen LogP contribution in [0.3, 0.4) is 0 Å². The van der Waals surface area contributed by atoms with Crippen LogP contribution in [0.15, 0.2) is 6.20 Å². The molecule has 1 atom stereocenters. The number of hydrogen-bond acceptors (Lipinski definition) is 6. The molecule has 0 saturated carbocycles. The van der Waals surface area contributed by atoms with Crippen LogP contribution in [0.1, 0.15) is 84.0 Å². The fourth-order valence-corrected chi connectivity index (χ4v) is 4.60. The van der Waals surface area contributed by atoms with Crippen molar-refractivity contribution in [3.05, 3.63) is 40.4 Å². The molecule has 0 aromatic carbocycles. The summed E-state index contributed by atoms with van der Waals surface area (Å²) < 4.78 is 0. The second-order valence-electron chi connectivity index (χ2n) is 8.44. The minimum Gasteiger partial charge on any atom is -0.328 e.